The number of nitrogens with two attached hydrogens (primary N) is 1. The van der Waals surface area contributed by atoms with Crippen LogP contribution in [-0.4, -0.2) is 32.5 Å². The van der Waals surface area contributed by atoms with Crippen LogP contribution in [0.2, 0.25) is 0 Å². The Hall–Kier alpha value is -1.46. The van der Waals surface area contributed by atoms with E-state index < -0.39 is 6.10 Å². The number of rotatable bonds is 5. The molecule has 0 spiro atoms. The van der Waals surface area contributed by atoms with Gasteiger partial charge < -0.3 is 25.1 Å². The minimum atomic E-state index is -0.774. The van der Waals surface area contributed by atoms with E-state index in [0.29, 0.717) is 22.8 Å². The van der Waals surface area contributed by atoms with Crippen LogP contribution in [0.1, 0.15) is 18.6 Å². The highest BCUT2D eigenvalue weighted by molar-refractivity contribution is 5.54. The summed E-state index contributed by atoms with van der Waals surface area (Å²) in [7, 11) is 4.58. The van der Waals surface area contributed by atoms with Crippen molar-refractivity contribution in [2.24, 2.45) is 5.73 Å². The molecule has 1 aromatic carbocycles. The highest BCUT2D eigenvalue weighted by Gasteiger charge is 2.19. The summed E-state index contributed by atoms with van der Waals surface area (Å²) < 4.78 is 15.6. The van der Waals surface area contributed by atoms with E-state index in [0.717, 1.165) is 0 Å². The molecule has 0 aliphatic rings. The summed E-state index contributed by atoms with van der Waals surface area (Å²) in [5.74, 6) is 1.50. The average molecular weight is 241 g/mol. The maximum absolute atomic E-state index is 9.92. The van der Waals surface area contributed by atoms with Gasteiger partial charge in [-0.15, -0.1) is 0 Å². The molecule has 0 amide bonds. The Morgan fingerprint density at radius 2 is 1.53 bits per heavy atom. The molecule has 3 N–H and O–H groups in total. The molecule has 0 unspecified atom stereocenters. The fraction of sp³-hybridized carbons (Fsp3) is 0.500. The van der Waals surface area contributed by atoms with E-state index in [9.17, 15) is 5.11 Å². The van der Waals surface area contributed by atoms with Crippen LogP contribution in [0.15, 0.2) is 12.1 Å². The first kappa shape index (κ1) is 13.6. The van der Waals surface area contributed by atoms with Crippen LogP contribution >= 0.6 is 0 Å². The molecule has 0 aromatic heterocycles. The third kappa shape index (κ3) is 2.81. The number of hydrogen-bond acceptors (Lipinski definition) is 5. The van der Waals surface area contributed by atoms with Gasteiger partial charge in [-0.05, 0) is 24.6 Å². The molecular formula is C12H19NO4. The minimum absolute atomic E-state index is 0.377. The molecule has 0 fully saturated rings. The lowest BCUT2D eigenvalue weighted by Crippen LogP contribution is -2.24. The number of aliphatic hydroxyl groups excluding tert-OH is 1. The average Bonchev–Trinajstić information content (AvgIpc) is 2.35. The summed E-state index contributed by atoms with van der Waals surface area (Å²) in [6.07, 6.45) is -0.774. The lowest BCUT2D eigenvalue weighted by atomic mass is 10.0. The predicted octanol–water partition coefficient (Wildman–Crippen LogP) is 1.09. The Morgan fingerprint density at radius 1 is 1.06 bits per heavy atom. The van der Waals surface area contributed by atoms with Crippen LogP contribution < -0.4 is 19.9 Å². The number of methoxy groups -OCH3 is 3. The van der Waals surface area contributed by atoms with Gasteiger partial charge in [0.25, 0.3) is 0 Å². The van der Waals surface area contributed by atoms with Crippen LogP contribution in [0, 0.1) is 0 Å². The highest BCUT2D eigenvalue weighted by atomic mass is 16.5. The molecule has 0 saturated heterocycles. The zero-order valence-electron chi connectivity index (χ0n) is 10.6. The lowest BCUT2D eigenvalue weighted by molar-refractivity contribution is 0.152. The molecule has 0 radical (unpaired) electrons. The molecule has 17 heavy (non-hydrogen) atoms. The van der Waals surface area contributed by atoms with Gasteiger partial charge in [0, 0.05) is 6.04 Å². The zero-order valence-corrected chi connectivity index (χ0v) is 10.6. The topological polar surface area (TPSA) is 73.9 Å². The van der Waals surface area contributed by atoms with Gasteiger partial charge in [-0.1, -0.05) is 0 Å². The molecule has 0 saturated carbocycles. The molecular weight excluding hydrogens is 222 g/mol. The fourth-order valence-corrected chi connectivity index (χ4v) is 1.58. The van der Waals surface area contributed by atoms with Crippen molar-refractivity contribution in [2.45, 2.75) is 19.1 Å². The summed E-state index contributed by atoms with van der Waals surface area (Å²) in [5.41, 5.74) is 6.29. The molecule has 5 heteroatoms. The first-order chi connectivity index (χ1) is 8.04. The number of ether oxygens (including phenoxy) is 3. The van der Waals surface area contributed by atoms with E-state index in [1.807, 2.05) is 0 Å². The van der Waals surface area contributed by atoms with Crippen molar-refractivity contribution >= 4 is 0 Å². The second-order valence-electron chi connectivity index (χ2n) is 3.76. The van der Waals surface area contributed by atoms with Crippen LogP contribution in [-0.2, 0) is 0 Å². The molecule has 96 valence electrons. The summed E-state index contributed by atoms with van der Waals surface area (Å²) in [5, 5.41) is 9.92. The van der Waals surface area contributed by atoms with Gasteiger partial charge in [-0.3, -0.25) is 0 Å². The van der Waals surface area contributed by atoms with E-state index in [-0.39, 0.29) is 6.04 Å². The van der Waals surface area contributed by atoms with Crippen molar-refractivity contribution in [2.75, 3.05) is 21.3 Å². The molecule has 1 aromatic rings. The summed E-state index contributed by atoms with van der Waals surface area (Å²) >= 11 is 0. The van der Waals surface area contributed by atoms with Crippen molar-refractivity contribution < 1.29 is 19.3 Å². The summed E-state index contributed by atoms with van der Waals surface area (Å²) in [6.45, 7) is 1.73. The number of aliphatic hydroxyl groups is 1. The Bertz CT molecular complexity index is 354. The predicted molar refractivity (Wildman–Crippen MR) is 64.7 cm³/mol. The molecule has 0 bridgehead atoms. The van der Waals surface area contributed by atoms with Crippen molar-refractivity contribution in [3.8, 4) is 17.2 Å². The molecule has 0 aliphatic heterocycles. The molecule has 1 rings (SSSR count). The van der Waals surface area contributed by atoms with Gasteiger partial charge in [-0.2, -0.15) is 0 Å². The van der Waals surface area contributed by atoms with Crippen molar-refractivity contribution in [1.82, 2.24) is 0 Å². The number of benzene rings is 1. The zero-order chi connectivity index (χ0) is 13.0. The Labute approximate surface area is 101 Å². The first-order valence-electron chi connectivity index (χ1n) is 5.28. The highest BCUT2D eigenvalue weighted by Crippen LogP contribution is 2.39. The SMILES string of the molecule is COc1cc([C@H](O)[C@@H](C)N)cc(OC)c1OC. The first-order valence-corrected chi connectivity index (χ1v) is 5.28. The fourth-order valence-electron chi connectivity index (χ4n) is 1.58. The second kappa shape index (κ2) is 5.75. The van der Waals surface area contributed by atoms with Gasteiger partial charge in [0.2, 0.25) is 5.75 Å². The Morgan fingerprint density at radius 3 is 1.82 bits per heavy atom. The Kier molecular flexibility index (Phi) is 4.60. The summed E-state index contributed by atoms with van der Waals surface area (Å²) in [4.78, 5) is 0. The Balaban J connectivity index is 3.27. The number of hydrogen-bond donors (Lipinski definition) is 2. The van der Waals surface area contributed by atoms with Crippen molar-refractivity contribution in [1.29, 1.82) is 0 Å². The molecule has 0 heterocycles. The van der Waals surface area contributed by atoms with Crippen LogP contribution in [0.4, 0.5) is 0 Å². The van der Waals surface area contributed by atoms with E-state index in [1.165, 1.54) is 21.3 Å². The standard InChI is InChI=1S/C12H19NO4/c1-7(13)11(14)8-5-9(15-2)12(17-4)10(6-8)16-3/h5-7,11,14H,13H2,1-4H3/t7-,11-/m1/s1. The summed E-state index contributed by atoms with van der Waals surface area (Å²) in [6, 6.07) is 3.00. The van der Waals surface area contributed by atoms with Gasteiger partial charge in [0.05, 0.1) is 27.4 Å². The van der Waals surface area contributed by atoms with Crippen LogP contribution in [0.25, 0.3) is 0 Å². The largest absolute Gasteiger partial charge is 0.493 e. The van der Waals surface area contributed by atoms with Crippen LogP contribution in [0.5, 0.6) is 17.2 Å². The van der Waals surface area contributed by atoms with Gasteiger partial charge in [-0.25, -0.2) is 0 Å². The monoisotopic (exact) mass is 241 g/mol. The van der Waals surface area contributed by atoms with Gasteiger partial charge in [0.1, 0.15) is 0 Å². The van der Waals surface area contributed by atoms with E-state index >= 15 is 0 Å². The third-order valence-corrected chi connectivity index (χ3v) is 2.53. The van der Waals surface area contributed by atoms with Crippen molar-refractivity contribution in [3.63, 3.8) is 0 Å². The van der Waals surface area contributed by atoms with Crippen molar-refractivity contribution in [3.05, 3.63) is 17.7 Å². The molecule has 2 atom stereocenters. The van der Waals surface area contributed by atoms with Gasteiger partial charge >= 0.3 is 0 Å². The third-order valence-electron chi connectivity index (χ3n) is 2.53. The molecule has 0 aliphatic carbocycles. The molecule has 5 nitrogen and oxygen atoms in total. The maximum Gasteiger partial charge on any atom is 0.203 e. The van der Waals surface area contributed by atoms with E-state index in [1.54, 1.807) is 19.1 Å². The van der Waals surface area contributed by atoms with Crippen LogP contribution in [0.3, 0.4) is 0 Å². The maximum atomic E-state index is 9.92. The van der Waals surface area contributed by atoms with E-state index in [4.69, 9.17) is 19.9 Å². The normalized spacial score (nSPS) is 14.0. The van der Waals surface area contributed by atoms with Gasteiger partial charge in [0.15, 0.2) is 11.5 Å². The lowest BCUT2D eigenvalue weighted by Gasteiger charge is -2.19. The van der Waals surface area contributed by atoms with E-state index in [2.05, 4.69) is 0 Å². The quantitative estimate of drug-likeness (QED) is 0.807. The minimum Gasteiger partial charge on any atom is -0.493 e. The smallest absolute Gasteiger partial charge is 0.203 e. The second-order valence-corrected chi connectivity index (χ2v) is 3.76.